The Labute approximate surface area is 75.5 Å². The number of fused-ring (bicyclic) bond motifs is 5. The van der Waals surface area contributed by atoms with E-state index in [0.717, 1.165) is 5.76 Å². The van der Waals surface area contributed by atoms with Gasteiger partial charge in [-0.3, -0.25) is 4.79 Å². The fourth-order valence-corrected chi connectivity index (χ4v) is 2.06. The molecule has 2 fully saturated rings. The van der Waals surface area contributed by atoms with Crippen LogP contribution in [0.1, 0.15) is 13.3 Å². The lowest BCUT2D eigenvalue weighted by Gasteiger charge is -2.22. The molecular formula is C9H10O4. The Balaban J connectivity index is 1.78. The standard InChI is InChI=1S/C9H10O4/c1-4(10)11-5-2-6-8-9(13-8)7(3-5)12-6/h2,6-9H,3H2,1H3/t6-,7+,8-,9+/m0/s1. The molecule has 2 bridgehead atoms. The fourth-order valence-electron chi connectivity index (χ4n) is 2.06. The largest absolute Gasteiger partial charge is 0.431 e. The second-order valence-electron chi connectivity index (χ2n) is 3.64. The lowest BCUT2D eigenvalue weighted by Crippen LogP contribution is -2.25. The summed E-state index contributed by atoms with van der Waals surface area (Å²) in [7, 11) is 0. The third kappa shape index (κ3) is 1.09. The quantitative estimate of drug-likeness (QED) is 0.434. The van der Waals surface area contributed by atoms with Crippen molar-refractivity contribution in [3.05, 3.63) is 11.8 Å². The lowest BCUT2D eigenvalue weighted by atomic mass is 10.2. The van der Waals surface area contributed by atoms with Crippen molar-refractivity contribution in [1.29, 1.82) is 0 Å². The first-order chi connectivity index (χ1) is 6.24. The Morgan fingerprint density at radius 3 is 3.08 bits per heavy atom. The van der Waals surface area contributed by atoms with Crippen LogP contribution in [0, 0.1) is 0 Å². The second-order valence-corrected chi connectivity index (χ2v) is 3.64. The molecule has 70 valence electrons. The predicted molar refractivity (Wildman–Crippen MR) is 41.8 cm³/mol. The predicted octanol–water partition coefficient (Wildman–Crippen LogP) is 0.372. The highest BCUT2D eigenvalue weighted by Gasteiger charge is 2.59. The number of ether oxygens (including phenoxy) is 3. The third-order valence-corrected chi connectivity index (χ3v) is 2.61. The van der Waals surface area contributed by atoms with E-state index in [4.69, 9.17) is 14.2 Å². The summed E-state index contributed by atoms with van der Waals surface area (Å²) in [5, 5.41) is 0. The van der Waals surface area contributed by atoms with Crippen molar-refractivity contribution in [2.75, 3.05) is 0 Å². The van der Waals surface area contributed by atoms with E-state index in [-0.39, 0.29) is 30.4 Å². The summed E-state index contributed by atoms with van der Waals surface area (Å²) in [6.45, 7) is 1.41. The molecular weight excluding hydrogens is 172 g/mol. The van der Waals surface area contributed by atoms with Crippen LogP contribution < -0.4 is 0 Å². The molecule has 0 aromatic rings. The minimum Gasteiger partial charge on any atom is -0.431 e. The van der Waals surface area contributed by atoms with Gasteiger partial charge in [0.05, 0.1) is 6.10 Å². The average molecular weight is 182 g/mol. The lowest BCUT2D eigenvalue weighted by molar-refractivity contribution is -0.138. The summed E-state index contributed by atoms with van der Waals surface area (Å²) in [6.07, 6.45) is 3.10. The minimum absolute atomic E-state index is 0.0121. The zero-order valence-corrected chi connectivity index (χ0v) is 7.23. The number of rotatable bonds is 1. The summed E-state index contributed by atoms with van der Waals surface area (Å²) in [5.74, 6) is 0.478. The molecule has 3 rings (SSSR count). The van der Waals surface area contributed by atoms with E-state index in [0.29, 0.717) is 6.42 Å². The normalized spacial score (nSPS) is 45.2. The third-order valence-electron chi connectivity index (χ3n) is 2.61. The summed E-state index contributed by atoms with van der Waals surface area (Å²) < 4.78 is 16.0. The number of hydrogen-bond acceptors (Lipinski definition) is 4. The number of carbonyl (C=O) groups is 1. The van der Waals surface area contributed by atoms with Crippen LogP contribution in [-0.4, -0.2) is 30.4 Å². The molecule has 0 unspecified atom stereocenters. The van der Waals surface area contributed by atoms with Crippen LogP contribution in [0.3, 0.4) is 0 Å². The van der Waals surface area contributed by atoms with E-state index in [2.05, 4.69) is 0 Å². The van der Waals surface area contributed by atoms with Gasteiger partial charge in [0.2, 0.25) is 0 Å². The van der Waals surface area contributed by atoms with Crippen molar-refractivity contribution >= 4 is 5.97 Å². The smallest absolute Gasteiger partial charge is 0.307 e. The van der Waals surface area contributed by atoms with Gasteiger partial charge in [-0.1, -0.05) is 0 Å². The van der Waals surface area contributed by atoms with Gasteiger partial charge < -0.3 is 14.2 Å². The van der Waals surface area contributed by atoms with Gasteiger partial charge in [0.1, 0.15) is 24.1 Å². The van der Waals surface area contributed by atoms with Gasteiger partial charge in [0.25, 0.3) is 0 Å². The van der Waals surface area contributed by atoms with Crippen molar-refractivity contribution in [2.45, 2.75) is 37.8 Å². The van der Waals surface area contributed by atoms with Crippen molar-refractivity contribution in [2.24, 2.45) is 0 Å². The maximum Gasteiger partial charge on any atom is 0.307 e. The molecule has 13 heavy (non-hydrogen) atoms. The number of carbonyl (C=O) groups excluding carboxylic acids is 1. The first-order valence-electron chi connectivity index (χ1n) is 4.44. The van der Waals surface area contributed by atoms with Gasteiger partial charge in [-0.2, -0.15) is 0 Å². The zero-order valence-electron chi connectivity index (χ0n) is 7.23. The topological polar surface area (TPSA) is 48.1 Å². The average Bonchev–Trinajstić information content (AvgIpc) is 2.76. The van der Waals surface area contributed by atoms with Crippen molar-refractivity contribution < 1.29 is 19.0 Å². The second kappa shape index (κ2) is 2.33. The van der Waals surface area contributed by atoms with Crippen molar-refractivity contribution in [3.8, 4) is 0 Å². The molecule has 0 aromatic carbocycles. The zero-order chi connectivity index (χ0) is 9.00. The molecule has 0 saturated carbocycles. The summed E-state index contributed by atoms with van der Waals surface area (Å²) in [5.41, 5.74) is 0. The molecule has 2 saturated heterocycles. The molecule has 0 spiro atoms. The highest BCUT2D eigenvalue weighted by Crippen LogP contribution is 2.45. The van der Waals surface area contributed by atoms with Crippen LogP contribution >= 0.6 is 0 Å². The Hall–Kier alpha value is -0.870. The van der Waals surface area contributed by atoms with Crippen LogP contribution in [0.5, 0.6) is 0 Å². The minimum atomic E-state index is -0.262. The van der Waals surface area contributed by atoms with Crippen LogP contribution in [0.15, 0.2) is 11.8 Å². The first kappa shape index (κ1) is 7.53. The van der Waals surface area contributed by atoms with Crippen molar-refractivity contribution in [3.63, 3.8) is 0 Å². The fraction of sp³-hybridized carbons (Fsp3) is 0.667. The van der Waals surface area contributed by atoms with Crippen LogP contribution in [0.2, 0.25) is 0 Å². The van der Waals surface area contributed by atoms with E-state index < -0.39 is 0 Å². The highest BCUT2D eigenvalue weighted by atomic mass is 16.7. The van der Waals surface area contributed by atoms with Gasteiger partial charge in [-0.25, -0.2) is 0 Å². The van der Waals surface area contributed by atoms with Crippen LogP contribution in [-0.2, 0) is 19.0 Å². The first-order valence-corrected chi connectivity index (χ1v) is 4.44. The molecule has 4 heteroatoms. The summed E-state index contributed by atoms with van der Waals surface area (Å²) >= 11 is 0. The molecule has 0 N–H and O–H groups in total. The van der Waals surface area contributed by atoms with E-state index in [9.17, 15) is 4.79 Å². The molecule has 3 aliphatic rings. The summed E-state index contributed by atoms with van der Waals surface area (Å²) in [4.78, 5) is 10.7. The molecule has 0 aliphatic carbocycles. The van der Waals surface area contributed by atoms with Gasteiger partial charge in [0, 0.05) is 13.3 Å². The van der Waals surface area contributed by atoms with Crippen LogP contribution in [0.4, 0.5) is 0 Å². The van der Waals surface area contributed by atoms with Gasteiger partial charge >= 0.3 is 5.97 Å². The number of epoxide rings is 1. The molecule has 4 atom stereocenters. The highest BCUT2D eigenvalue weighted by molar-refractivity contribution is 5.67. The Morgan fingerprint density at radius 2 is 2.38 bits per heavy atom. The Kier molecular flexibility index (Phi) is 1.35. The molecule has 0 amide bonds. The van der Waals surface area contributed by atoms with E-state index in [1.165, 1.54) is 6.92 Å². The maximum absolute atomic E-state index is 10.7. The number of esters is 1. The van der Waals surface area contributed by atoms with Gasteiger partial charge in [-0.15, -0.1) is 0 Å². The molecule has 0 aromatic heterocycles. The molecule has 3 heterocycles. The van der Waals surface area contributed by atoms with E-state index >= 15 is 0 Å². The van der Waals surface area contributed by atoms with E-state index in [1.807, 2.05) is 6.08 Å². The van der Waals surface area contributed by atoms with Crippen LogP contribution in [0.25, 0.3) is 0 Å². The molecule has 3 aliphatic heterocycles. The Morgan fingerprint density at radius 1 is 1.54 bits per heavy atom. The maximum atomic E-state index is 10.7. The van der Waals surface area contributed by atoms with Gasteiger partial charge in [0.15, 0.2) is 0 Å². The molecule has 0 radical (unpaired) electrons. The summed E-state index contributed by atoms with van der Waals surface area (Å²) in [6, 6.07) is 0. The monoisotopic (exact) mass is 182 g/mol. The van der Waals surface area contributed by atoms with Gasteiger partial charge in [-0.05, 0) is 6.08 Å². The van der Waals surface area contributed by atoms with Crippen molar-refractivity contribution in [1.82, 2.24) is 0 Å². The SMILES string of the molecule is CC(=O)OC1=C[C@@H]2O[C@H](C1)[C@H]1O[C@H]12. The number of hydrogen-bond donors (Lipinski definition) is 0. The van der Waals surface area contributed by atoms with E-state index in [1.54, 1.807) is 0 Å². The molecule has 4 nitrogen and oxygen atoms in total. The Bertz CT molecular complexity index is 296.